The molecule has 1 aromatic heterocycles. The van der Waals surface area contributed by atoms with Crippen LogP contribution in [0.2, 0.25) is 0 Å². The first-order valence-electron chi connectivity index (χ1n) is 5.73. The van der Waals surface area contributed by atoms with Gasteiger partial charge < -0.3 is 11.1 Å². The van der Waals surface area contributed by atoms with Gasteiger partial charge in [0.1, 0.15) is 5.82 Å². The highest BCUT2D eigenvalue weighted by Gasteiger charge is 2.00. The topological polar surface area (TPSA) is 50.9 Å². The van der Waals surface area contributed by atoms with Crippen molar-refractivity contribution in [1.29, 1.82) is 0 Å². The van der Waals surface area contributed by atoms with E-state index in [4.69, 9.17) is 5.73 Å². The van der Waals surface area contributed by atoms with Crippen LogP contribution in [0, 0.1) is 6.92 Å². The van der Waals surface area contributed by atoms with Crippen molar-refractivity contribution >= 4 is 5.82 Å². The fourth-order valence-corrected chi connectivity index (χ4v) is 1.71. The number of aromatic nitrogens is 1. The summed E-state index contributed by atoms with van der Waals surface area (Å²) < 4.78 is 0. The Labute approximate surface area is 102 Å². The van der Waals surface area contributed by atoms with Crippen molar-refractivity contribution in [2.45, 2.75) is 20.0 Å². The maximum absolute atomic E-state index is 5.57. The highest BCUT2D eigenvalue weighted by Crippen LogP contribution is 2.13. The molecule has 0 bridgehead atoms. The van der Waals surface area contributed by atoms with Crippen molar-refractivity contribution in [3.63, 3.8) is 0 Å². The number of hydrogen-bond donors (Lipinski definition) is 2. The van der Waals surface area contributed by atoms with Gasteiger partial charge in [0.15, 0.2) is 0 Å². The van der Waals surface area contributed by atoms with E-state index in [0.717, 1.165) is 23.5 Å². The maximum Gasteiger partial charge on any atom is 0.129 e. The maximum atomic E-state index is 5.57. The lowest BCUT2D eigenvalue weighted by Gasteiger charge is -2.09. The number of nitrogens with zero attached hydrogens (tertiary/aromatic N) is 1. The Morgan fingerprint density at radius 2 is 1.94 bits per heavy atom. The van der Waals surface area contributed by atoms with Gasteiger partial charge in [0, 0.05) is 19.3 Å². The predicted octanol–water partition coefficient (Wildman–Crippen LogP) is 2.46. The monoisotopic (exact) mass is 227 g/mol. The fraction of sp³-hybridized carbons (Fsp3) is 0.214. The van der Waals surface area contributed by atoms with Crippen LogP contribution in [-0.4, -0.2) is 4.98 Å². The van der Waals surface area contributed by atoms with Crippen LogP contribution >= 0.6 is 0 Å². The van der Waals surface area contributed by atoms with Crippen LogP contribution < -0.4 is 11.1 Å². The van der Waals surface area contributed by atoms with Gasteiger partial charge in [-0.2, -0.15) is 0 Å². The second-order valence-corrected chi connectivity index (χ2v) is 4.05. The second-order valence-electron chi connectivity index (χ2n) is 4.05. The number of pyridine rings is 1. The highest BCUT2D eigenvalue weighted by molar-refractivity contribution is 5.45. The first-order chi connectivity index (χ1) is 8.29. The zero-order valence-electron chi connectivity index (χ0n) is 9.98. The number of nitrogens with one attached hydrogen (secondary N) is 1. The van der Waals surface area contributed by atoms with Crippen molar-refractivity contribution in [3.8, 4) is 0 Å². The van der Waals surface area contributed by atoms with Gasteiger partial charge in [0.05, 0.1) is 0 Å². The molecular weight excluding hydrogens is 210 g/mol. The standard InChI is InChI=1S/C14H17N3/c1-11-7-13(8-15)10-17-14(11)16-9-12-5-3-2-4-6-12/h2-7,10H,8-9,15H2,1H3,(H,16,17). The zero-order valence-corrected chi connectivity index (χ0v) is 9.98. The minimum atomic E-state index is 0.535. The van der Waals surface area contributed by atoms with Crippen LogP contribution in [0.1, 0.15) is 16.7 Å². The molecule has 3 N–H and O–H groups in total. The molecule has 0 spiro atoms. The summed E-state index contributed by atoms with van der Waals surface area (Å²) in [6.45, 7) is 3.36. The average molecular weight is 227 g/mol. The molecule has 3 heteroatoms. The highest BCUT2D eigenvalue weighted by atomic mass is 15.0. The summed E-state index contributed by atoms with van der Waals surface area (Å²) in [5, 5.41) is 3.33. The zero-order chi connectivity index (χ0) is 12.1. The summed E-state index contributed by atoms with van der Waals surface area (Å²) in [6, 6.07) is 12.3. The Bertz CT molecular complexity index is 480. The molecule has 0 aliphatic heterocycles. The van der Waals surface area contributed by atoms with E-state index in [1.54, 1.807) is 0 Å². The molecule has 17 heavy (non-hydrogen) atoms. The third-order valence-corrected chi connectivity index (χ3v) is 2.67. The summed E-state index contributed by atoms with van der Waals surface area (Å²) in [5.74, 6) is 0.922. The third kappa shape index (κ3) is 3.04. The van der Waals surface area contributed by atoms with Crippen LogP contribution in [-0.2, 0) is 13.1 Å². The molecule has 3 nitrogen and oxygen atoms in total. The van der Waals surface area contributed by atoms with E-state index in [2.05, 4.69) is 28.5 Å². The van der Waals surface area contributed by atoms with Crippen LogP contribution in [0.15, 0.2) is 42.6 Å². The minimum Gasteiger partial charge on any atom is -0.366 e. The van der Waals surface area contributed by atoms with Gasteiger partial charge in [0.2, 0.25) is 0 Å². The van der Waals surface area contributed by atoms with E-state index in [1.165, 1.54) is 5.56 Å². The Morgan fingerprint density at radius 1 is 1.18 bits per heavy atom. The minimum absolute atomic E-state index is 0.535. The first-order valence-corrected chi connectivity index (χ1v) is 5.73. The molecular formula is C14H17N3. The smallest absolute Gasteiger partial charge is 0.129 e. The Hall–Kier alpha value is -1.87. The van der Waals surface area contributed by atoms with Crippen molar-refractivity contribution in [1.82, 2.24) is 4.98 Å². The molecule has 0 aliphatic carbocycles. The molecule has 2 rings (SSSR count). The quantitative estimate of drug-likeness (QED) is 0.843. The van der Waals surface area contributed by atoms with Crippen LogP contribution in [0.5, 0.6) is 0 Å². The number of rotatable bonds is 4. The van der Waals surface area contributed by atoms with Crippen molar-refractivity contribution in [2.24, 2.45) is 5.73 Å². The van der Waals surface area contributed by atoms with E-state index >= 15 is 0 Å². The predicted molar refractivity (Wildman–Crippen MR) is 70.6 cm³/mol. The Balaban J connectivity index is 2.04. The van der Waals surface area contributed by atoms with Gasteiger partial charge in [-0.05, 0) is 29.7 Å². The number of nitrogens with two attached hydrogens (primary N) is 1. The van der Waals surface area contributed by atoms with E-state index in [1.807, 2.05) is 31.3 Å². The molecule has 0 unspecified atom stereocenters. The molecule has 1 aromatic carbocycles. The number of benzene rings is 1. The molecule has 2 aromatic rings. The number of aryl methyl sites for hydroxylation is 1. The number of hydrogen-bond acceptors (Lipinski definition) is 3. The van der Waals surface area contributed by atoms with Gasteiger partial charge in [-0.1, -0.05) is 30.3 Å². The molecule has 0 radical (unpaired) electrons. The fourth-order valence-electron chi connectivity index (χ4n) is 1.71. The summed E-state index contributed by atoms with van der Waals surface area (Å²) >= 11 is 0. The van der Waals surface area contributed by atoms with Gasteiger partial charge in [-0.25, -0.2) is 4.98 Å². The lowest BCUT2D eigenvalue weighted by molar-refractivity contribution is 1.02. The van der Waals surface area contributed by atoms with Crippen molar-refractivity contribution < 1.29 is 0 Å². The van der Waals surface area contributed by atoms with Crippen molar-refractivity contribution in [2.75, 3.05) is 5.32 Å². The molecule has 88 valence electrons. The first kappa shape index (κ1) is 11.6. The third-order valence-electron chi connectivity index (χ3n) is 2.67. The normalized spacial score (nSPS) is 10.2. The van der Waals surface area contributed by atoms with E-state index < -0.39 is 0 Å². The molecule has 0 saturated heterocycles. The van der Waals surface area contributed by atoms with Crippen LogP contribution in [0.3, 0.4) is 0 Å². The lowest BCUT2D eigenvalue weighted by atomic mass is 10.2. The summed E-state index contributed by atoms with van der Waals surface area (Å²) in [6.07, 6.45) is 1.82. The largest absolute Gasteiger partial charge is 0.366 e. The molecule has 0 atom stereocenters. The van der Waals surface area contributed by atoms with E-state index in [9.17, 15) is 0 Å². The lowest BCUT2D eigenvalue weighted by Crippen LogP contribution is -2.05. The Morgan fingerprint density at radius 3 is 2.59 bits per heavy atom. The summed E-state index contributed by atoms with van der Waals surface area (Å²) in [7, 11) is 0. The van der Waals surface area contributed by atoms with Gasteiger partial charge in [-0.3, -0.25) is 0 Å². The molecule has 0 saturated carbocycles. The SMILES string of the molecule is Cc1cc(CN)cnc1NCc1ccccc1. The van der Waals surface area contributed by atoms with Crippen LogP contribution in [0.4, 0.5) is 5.82 Å². The van der Waals surface area contributed by atoms with Crippen molar-refractivity contribution in [3.05, 3.63) is 59.3 Å². The molecule has 0 fully saturated rings. The van der Waals surface area contributed by atoms with E-state index in [-0.39, 0.29) is 0 Å². The van der Waals surface area contributed by atoms with Gasteiger partial charge in [-0.15, -0.1) is 0 Å². The molecule has 0 amide bonds. The van der Waals surface area contributed by atoms with Crippen LogP contribution in [0.25, 0.3) is 0 Å². The molecule has 1 heterocycles. The van der Waals surface area contributed by atoms with Gasteiger partial charge in [0.25, 0.3) is 0 Å². The van der Waals surface area contributed by atoms with E-state index in [0.29, 0.717) is 6.54 Å². The second kappa shape index (κ2) is 5.46. The molecule has 0 aliphatic rings. The average Bonchev–Trinajstić information content (AvgIpc) is 2.38. The summed E-state index contributed by atoms with van der Waals surface area (Å²) in [5.41, 5.74) is 9.01. The Kier molecular flexibility index (Phi) is 3.73. The number of anilines is 1. The van der Waals surface area contributed by atoms with Gasteiger partial charge >= 0.3 is 0 Å². The summed E-state index contributed by atoms with van der Waals surface area (Å²) in [4.78, 5) is 4.37.